The maximum absolute atomic E-state index is 10.5. The Labute approximate surface area is 100 Å². The topological polar surface area (TPSA) is 33.2 Å². The number of hydrogen-bond donors (Lipinski definition) is 0. The summed E-state index contributed by atoms with van der Waals surface area (Å²) in [4.78, 5) is 17.3. The highest BCUT2D eigenvalue weighted by atomic mass is 32.1. The number of rotatable bonds is 4. The van der Waals surface area contributed by atoms with Crippen molar-refractivity contribution >= 4 is 17.6 Å². The van der Waals surface area contributed by atoms with Gasteiger partial charge in [0.25, 0.3) is 0 Å². The van der Waals surface area contributed by atoms with Gasteiger partial charge in [-0.2, -0.15) is 0 Å². The van der Waals surface area contributed by atoms with Crippen LogP contribution in [-0.4, -0.2) is 35.3 Å². The molecule has 2 rings (SSSR count). The summed E-state index contributed by atoms with van der Waals surface area (Å²) >= 11 is 1.59. The number of piperidine rings is 1. The molecule has 1 aromatic heterocycles. The molecule has 4 heteroatoms. The van der Waals surface area contributed by atoms with E-state index in [1.165, 1.54) is 25.8 Å². The van der Waals surface area contributed by atoms with Gasteiger partial charge in [0.2, 0.25) is 0 Å². The lowest BCUT2D eigenvalue weighted by Crippen LogP contribution is -2.38. The molecule has 1 atom stereocenters. The Hall–Kier alpha value is -0.740. The third kappa shape index (κ3) is 2.89. The zero-order valence-corrected chi connectivity index (χ0v) is 10.5. The van der Waals surface area contributed by atoms with Gasteiger partial charge < -0.3 is 4.90 Å². The van der Waals surface area contributed by atoms with Crippen LogP contribution in [0.5, 0.6) is 0 Å². The number of carbonyl (C=O) groups excluding carboxylic acids is 1. The molecule has 16 heavy (non-hydrogen) atoms. The minimum absolute atomic E-state index is 0.576. The summed E-state index contributed by atoms with van der Waals surface area (Å²) in [6.45, 7) is 4.60. The van der Waals surface area contributed by atoms with E-state index in [1.807, 2.05) is 5.38 Å². The molecule has 1 unspecified atom stereocenters. The van der Waals surface area contributed by atoms with Crippen molar-refractivity contribution < 1.29 is 4.79 Å². The number of aldehydes is 1. The molecular formula is C12H18N2OS. The average Bonchev–Trinajstić information content (AvgIpc) is 2.76. The summed E-state index contributed by atoms with van der Waals surface area (Å²) in [5.41, 5.74) is 0.576. The van der Waals surface area contributed by atoms with Crippen LogP contribution in [0, 0.1) is 0 Å². The Bertz CT molecular complexity index is 351. The largest absolute Gasteiger partial charge is 0.300 e. The van der Waals surface area contributed by atoms with Crippen LogP contribution >= 0.6 is 11.3 Å². The average molecular weight is 238 g/mol. The van der Waals surface area contributed by atoms with E-state index in [0.717, 1.165) is 24.3 Å². The van der Waals surface area contributed by atoms with E-state index in [9.17, 15) is 4.79 Å². The monoisotopic (exact) mass is 238 g/mol. The predicted octanol–water partition coefficient (Wildman–Crippen LogP) is 2.37. The fourth-order valence-electron chi connectivity index (χ4n) is 2.22. The predicted molar refractivity (Wildman–Crippen MR) is 66.1 cm³/mol. The molecule has 3 nitrogen and oxygen atoms in total. The van der Waals surface area contributed by atoms with Crippen LogP contribution < -0.4 is 0 Å². The minimum atomic E-state index is 0.576. The first-order valence-electron chi connectivity index (χ1n) is 5.93. The van der Waals surface area contributed by atoms with Gasteiger partial charge in [0.15, 0.2) is 6.29 Å². The van der Waals surface area contributed by atoms with Gasteiger partial charge in [-0.25, -0.2) is 4.98 Å². The Morgan fingerprint density at radius 3 is 3.19 bits per heavy atom. The molecule has 0 saturated carbocycles. The molecule has 0 bridgehead atoms. The summed E-state index contributed by atoms with van der Waals surface area (Å²) < 4.78 is 0. The summed E-state index contributed by atoms with van der Waals surface area (Å²) in [5, 5.41) is 2.92. The molecule has 1 aliphatic heterocycles. The zero-order chi connectivity index (χ0) is 11.4. The van der Waals surface area contributed by atoms with Crippen molar-refractivity contribution in [2.75, 3.05) is 13.1 Å². The van der Waals surface area contributed by atoms with Crippen molar-refractivity contribution in [1.82, 2.24) is 9.88 Å². The van der Waals surface area contributed by atoms with Gasteiger partial charge in [0, 0.05) is 24.4 Å². The van der Waals surface area contributed by atoms with Crippen LogP contribution in [0.4, 0.5) is 0 Å². The van der Waals surface area contributed by atoms with E-state index in [-0.39, 0.29) is 0 Å². The van der Waals surface area contributed by atoms with Crippen LogP contribution in [0.3, 0.4) is 0 Å². The molecule has 1 aliphatic rings. The van der Waals surface area contributed by atoms with Crippen LogP contribution in [0.2, 0.25) is 0 Å². The highest BCUT2D eigenvalue weighted by molar-refractivity contribution is 7.09. The lowest BCUT2D eigenvalue weighted by Gasteiger charge is -2.32. The Morgan fingerprint density at radius 2 is 2.50 bits per heavy atom. The van der Waals surface area contributed by atoms with Crippen LogP contribution in [-0.2, 0) is 6.42 Å². The van der Waals surface area contributed by atoms with Crippen molar-refractivity contribution in [3.8, 4) is 0 Å². The third-order valence-electron chi connectivity index (χ3n) is 3.24. The minimum Gasteiger partial charge on any atom is -0.300 e. The van der Waals surface area contributed by atoms with Gasteiger partial charge in [-0.3, -0.25) is 4.79 Å². The van der Waals surface area contributed by atoms with Crippen molar-refractivity contribution in [2.24, 2.45) is 0 Å². The first kappa shape index (κ1) is 11.7. The summed E-state index contributed by atoms with van der Waals surface area (Å²) in [7, 11) is 0. The van der Waals surface area contributed by atoms with Gasteiger partial charge in [0.05, 0.1) is 5.01 Å². The second-order valence-corrected chi connectivity index (χ2v) is 5.36. The molecule has 0 spiro atoms. The molecule has 0 radical (unpaired) electrons. The zero-order valence-electron chi connectivity index (χ0n) is 9.69. The van der Waals surface area contributed by atoms with Crippen LogP contribution in [0.1, 0.15) is 41.7 Å². The fourth-order valence-corrected chi connectivity index (χ4v) is 2.96. The molecule has 0 aliphatic carbocycles. The number of likely N-dealkylation sites (tertiary alicyclic amines) is 1. The Kier molecular flexibility index (Phi) is 4.07. The smallest absolute Gasteiger partial charge is 0.169 e. The molecular weight excluding hydrogens is 220 g/mol. The maximum atomic E-state index is 10.5. The van der Waals surface area contributed by atoms with E-state index in [1.54, 1.807) is 11.3 Å². The molecule has 2 heterocycles. The van der Waals surface area contributed by atoms with E-state index < -0.39 is 0 Å². The number of carbonyl (C=O) groups is 1. The van der Waals surface area contributed by atoms with Crippen LogP contribution in [0.25, 0.3) is 0 Å². The fraction of sp³-hybridized carbons (Fsp3) is 0.667. The lowest BCUT2D eigenvalue weighted by atomic mass is 10.0. The standard InChI is InChI=1S/C12H18N2OS/c1-10-4-2-3-6-14(10)7-5-12-13-11(8-15)9-16-12/h8-10H,2-7H2,1H3. The second kappa shape index (κ2) is 5.55. The SMILES string of the molecule is CC1CCCCN1CCc1nc(C=O)cs1. The number of nitrogens with zero attached hydrogens (tertiary/aromatic N) is 2. The first-order valence-corrected chi connectivity index (χ1v) is 6.81. The van der Waals surface area contributed by atoms with Crippen LogP contribution in [0.15, 0.2) is 5.38 Å². The molecule has 0 amide bonds. The lowest BCUT2D eigenvalue weighted by molar-refractivity contribution is 0.111. The van der Waals surface area contributed by atoms with Crippen molar-refractivity contribution in [3.05, 3.63) is 16.1 Å². The summed E-state index contributed by atoms with van der Waals surface area (Å²) in [5.74, 6) is 0. The number of aromatic nitrogens is 1. The summed E-state index contributed by atoms with van der Waals surface area (Å²) in [6, 6.07) is 0.708. The number of hydrogen-bond acceptors (Lipinski definition) is 4. The Morgan fingerprint density at radius 1 is 1.62 bits per heavy atom. The highest BCUT2D eigenvalue weighted by Gasteiger charge is 2.17. The van der Waals surface area contributed by atoms with Crippen molar-refractivity contribution in [1.29, 1.82) is 0 Å². The third-order valence-corrected chi connectivity index (χ3v) is 4.17. The second-order valence-electron chi connectivity index (χ2n) is 4.41. The number of thiazole rings is 1. The van der Waals surface area contributed by atoms with Crippen molar-refractivity contribution in [2.45, 2.75) is 38.6 Å². The quantitative estimate of drug-likeness (QED) is 0.755. The summed E-state index contributed by atoms with van der Waals surface area (Å²) in [6.07, 6.45) is 5.80. The van der Waals surface area contributed by atoms with Gasteiger partial charge >= 0.3 is 0 Å². The first-order chi connectivity index (χ1) is 7.79. The normalized spacial score (nSPS) is 22.2. The molecule has 1 saturated heterocycles. The van der Waals surface area contributed by atoms with Gasteiger partial charge in [0.1, 0.15) is 5.69 Å². The van der Waals surface area contributed by atoms with Gasteiger partial charge in [-0.05, 0) is 26.3 Å². The van der Waals surface area contributed by atoms with E-state index in [0.29, 0.717) is 11.7 Å². The Balaban J connectivity index is 1.83. The van der Waals surface area contributed by atoms with Crippen molar-refractivity contribution in [3.63, 3.8) is 0 Å². The van der Waals surface area contributed by atoms with Gasteiger partial charge in [-0.1, -0.05) is 6.42 Å². The molecule has 1 fully saturated rings. The van der Waals surface area contributed by atoms with E-state index >= 15 is 0 Å². The highest BCUT2D eigenvalue weighted by Crippen LogP contribution is 2.17. The molecule has 0 N–H and O–H groups in total. The van der Waals surface area contributed by atoms with E-state index in [4.69, 9.17) is 0 Å². The van der Waals surface area contributed by atoms with Gasteiger partial charge in [-0.15, -0.1) is 11.3 Å². The maximum Gasteiger partial charge on any atom is 0.169 e. The van der Waals surface area contributed by atoms with E-state index in [2.05, 4.69) is 16.8 Å². The molecule has 88 valence electrons. The molecule has 0 aromatic carbocycles. The molecule has 1 aromatic rings.